The van der Waals surface area contributed by atoms with E-state index in [0.717, 1.165) is 6.42 Å². The Morgan fingerprint density at radius 2 is 2.11 bits per heavy atom. The number of hydrogen-bond acceptors (Lipinski definition) is 5. The van der Waals surface area contributed by atoms with Gasteiger partial charge in [0.25, 0.3) is 0 Å². The van der Waals surface area contributed by atoms with E-state index in [1.807, 2.05) is 0 Å². The monoisotopic (exact) mass is 254 g/mol. The number of carbonyl (C=O) groups excluding carboxylic acids is 2. The second-order valence-electron chi connectivity index (χ2n) is 5.39. The second kappa shape index (κ2) is 4.23. The molecule has 0 aromatic heterocycles. The summed E-state index contributed by atoms with van der Waals surface area (Å²) >= 11 is 0. The highest BCUT2D eigenvalue weighted by molar-refractivity contribution is 5.76. The van der Waals surface area contributed by atoms with Crippen LogP contribution in [0.3, 0.4) is 0 Å². The van der Waals surface area contributed by atoms with Crippen molar-refractivity contribution in [2.45, 2.75) is 32.0 Å². The van der Waals surface area contributed by atoms with Gasteiger partial charge < -0.3 is 14.2 Å². The highest BCUT2D eigenvalue weighted by atomic mass is 16.6. The third kappa shape index (κ3) is 1.49. The molecule has 5 heteroatoms. The van der Waals surface area contributed by atoms with Gasteiger partial charge in [0.2, 0.25) is 0 Å². The minimum absolute atomic E-state index is 0.0449. The van der Waals surface area contributed by atoms with Gasteiger partial charge in [-0.1, -0.05) is 6.92 Å². The smallest absolute Gasteiger partial charge is 0.309 e. The Hall–Kier alpha value is -1.10. The quantitative estimate of drug-likeness (QED) is 0.696. The predicted molar refractivity (Wildman–Crippen MR) is 60.5 cm³/mol. The summed E-state index contributed by atoms with van der Waals surface area (Å²) in [6.07, 6.45) is 0.916. The molecule has 1 aliphatic heterocycles. The molecule has 6 atom stereocenters. The lowest BCUT2D eigenvalue weighted by molar-refractivity contribution is -0.164. The Labute approximate surface area is 106 Å². The van der Waals surface area contributed by atoms with E-state index in [4.69, 9.17) is 14.2 Å². The molecule has 6 unspecified atom stereocenters. The molecule has 5 nitrogen and oxygen atoms in total. The molecule has 100 valence electrons. The van der Waals surface area contributed by atoms with Gasteiger partial charge in [-0.25, -0.2) is 0 Å². The van der Waals surface area contributed by atoms with Crippen molar-refractivity contribution in [3.8, 4) is 0 Å². The number of ether oxygens (including phenoxy) is 3. The lowest BCUT2D eigenvalue weighted by Crippen LogP contribution is -2.45. The lowest BCUT2D eigenvalue weighted by Gasteiger charge is -2.34. The van der Waals surface area contributed by atoms with Crippen molar-refractivity contribution < 1.29 is 23.8 Å². The van der Waals surface area contributed by atoms with Gasteiger partial charge in [0.05, 0.1) is 18.6 Å². The van der Waals surface area contributed by atoms with Crippen LogP contribution in [0.25, 0.3) is 0 Å². The van der Waals surface area contributed by atoms with Crippen molar-refractivity contribution in [1.29, 1.82) is 0 Å². The average molecular weight is 254 g/mol. The maximum atomic E-state index is 11.7. The molecule has 0 spiro atoms. The summed E-state index contributed by atoms with van der Waals surface area (Å²) in [7, 11) is 1.62. The predicted octanol–water partition coefficient (Wildman–Crippen LogP) is 0.762. The molecule has 0 aromatic rings. The summed E-state index contributed by atoms with van der Waals surface area (Å²) in [5.41, 5.74) is 0. The molecule has 1 saturated heterocycles. The Balaban J connectivity index is 1.81. The van der Waals surface area contributed by atoms with E-state index in [9.17, 15) is 9.59 Å². The number of carbonyl (C=O) groups is 2. The van der Waals surface area contributed by atoms with Gasteiger partial charge in [-0.3, -0.25) is 9.59 Å². The van der Waals surface area contributed by atoms with Crippen molar-refractivity contribution in [2.75, 3.05) is 13.7 Å². The van der Waals surface area contributed by atoms with Gasteiger partial charge in [0.15, 0.2) is 0 Å². The van der Waals surface area contributed by atoms with Crippen LogP contribution in [0.2, 0.25) is 0 Å². The molecule has 1 heterocycles. The van der Waals surface area contributed by atoms with Crippen LogP contribution in [0.4, 0.5) is 0 Å². The molecule has 18 heavy (non-hydrogen) atoms. The molecule has 0 aromatic carbocycles. The van der Waals surface area contributed by atoms with Gasteiger partial charge >= 0.3 is 11.9 Å². The highest BCUT2D eigenvalue weighted by Crippen LogP contribution is 2.56. The van der Waals surface area contributed by atoms with E-state index >= 15 is 0 Å². The summed E-state index contributed by atoms with van der Waals surface area (Å²) in [4.78, 5) is 23.2. The number of hydrogen-bond donors (Lipinski definition) is 0. The molecule has 0 N–H and O–H groups in total. The first-order valence-corrected chi connectivity index (χ1v) is 6.56. The SMILES string of the molecule is CCC(=O)OC1C2CC(C1OC)C1C(=O)OCC21. The Bertz CT molecular complexity index is 380. The van der Waals surface area contributed by atoms with Crippen LogP contribution < -0.4 is 0 Å². The van der Waals surface area contributed by atoms with E-state index in [1.54, 1.807) is 14.0 Å². The van der Waals surface area contributed by atoms with E-state index in [2.05, 4.69) is 0 Å². The van der Waals surface area contributed by atoms with Crippen LogP contribution in [-0.4, -0.2) is 37.9 Å². The maximum absolute atomic E-state index is 11.7. The molecule has 0 radical (unpaired) electrons. The molecule has 3 aliphatic rings. The first kappa shape index (κ1) is 12.0. The van der Waals surface area contributed by atoms with Crippen LogP contribution in [0.1, 0.15) is 19.8 Å². The third-order valence-electron chi connectivity index (χ3n) is 4.70. The Kier molecular flexibility index (Phi) is 2.81. The molecule has 3 fully saturated rings. The minimum atomic E-state index is -0.205. The summed E-state index contributed by atoms with van der Waals surface area (Å²) in [6, 6.07) is 0. The first-order chi connectivity index (χ1) is 8.67. The number of esters is 2. The van der Waals surface area contributed by atoms with Crippen molar-refractivity contribution >= 4 is 11.9 Å². The van der Waals surface area contributed by atoms with Crippen molar-refractivity contribution in [3.63, 3.8) is 0 Å². The van der Waals surface area contributed by atoms with Crippen LogP contribution >= 0.6 is 0 Å². The second-order valence-corrected chi connectivity index (χ2v) is 5.39. The van der Waals surface area contributed by atoms with Gasteiger partial charge in [-0.05, 0) is 6.42 Å². The Morgan fingerprint density at radius 1 is 1.33 bits per heavy atom. The largest absolute Gasteiger partial charge is 0.465 e. The average Bonchev–Trinajstić information content (AvgIpc) is 3.00. The van der Waals surface area contributed by atoms with Crippen LogP contribution in [0.5, 0.6) is 0 Å². The molecule has 3 rings (SSSR count). The van der Waals surface area contributed by atoms with E-state index in [1.165, 1.54) is 0 Å². The van der Waals surface area contributed by atoms with Crippen LogP contribution in [0, 0.1) is 23.7 Å². The fourth-order valence-electron chi connectivity index (χ4n) is 3.97. The van der Waals surface area contributed by atoms with Gasteiger partial charge in [-0.15, -0.1) is 0 Å². The standard InChI is InChI=1S/C13H18O5/c1-3-9(14)18-12-6-4-7(11(12)16-2)10-8(6)5-17-13(10)15/h6-8,10-12H,3-5H2,1-2H3. The van der Waals surface area contributed by atoms with Crippen LogP contribution in [-0.2, 0) is 23.8 Å². The maximum Gasteiger partial charge on any atom is 0.309 e. The van der Waals surface area contributed by atoms with E-state index < -0.39 is 0 Å². The number of cyclic esters (lactones) is 1. The molecule has 2 aliphatic carbocycles. The molecular formula is C13H18O5. The van der Waals surface area contributed by atoms with Gasteiger partial charge in [0.1, 0.15) is 6.10 Å². The van der Waals surface area contributed by atoms with Crippen molar-refractivity contribution in [1.82, 2.24) is 0 Å². The summed E-state index contributed by atoms with van der Waals surface area (Å²) in [5.74, 6) is 0.229. The zero-order chi connectivity index (χ0) is 12.9. The van der Waals surface area contributed by atoms with Gasteiger partial charge in [0, 0.05) is 31.3 Å². The molecule has 2 saturated carbocycles. The van der Waals surface area contributed by atoms with Crippen molar-refractivity contribution in [3.05, 3.63) is 0 Å². The number of methoxy groups -OCH3 is 1. The van der Waals surface area contributed by atoms with E-state index in [-0.39, 0.29) is 47.8 Å². The van der Waals surface area contributed by atoms with Crippen LogP contribution in [0.15, 0.2) is 0 Å². The third-order valence-corrected chi connectivity index (χ3v) is 4.70. The van der Waals surface area contributed by atoms with E-state index in [0.29, 0.717) is 13.0 Å². The fourth-order valence-corrected chi connectivity index (χ4v) is 3.97. The molecule has 2 bridgehead atoms. The zero-order valence-corrected chi connectivity index (χ0v) is 10.6. The lowest BCUT2D eigenvalue weighted by atomic mass is 9.78. The Morgan fingerprint density at radius 3 is 2.78 bits per heavy atom. The number of rotatable bonds is 3. The molecular weight excluding hydrogens is 236 g/mol. The highest BCUT2D eigenvalue weighted by Gasteiger charge is 2.64. The number of fused-ring (bicyclic) bond motifs is 5. The van der Waals surface area contributed by atoms with Crippen molar-refractivity contribution in [2.24, 2.45) is 23.7 Å². The first-order valence-electron chi connectivity index (χ1n) is 6.56. The van der Waals surface area contributed by atoms with Gasteiger partial charge in [-0.2, -0.15) is 0 Å². The topological polar surface area (TPSA) is 61.8 Å². The normalized spacial score (nSPS) is 44.9. The molecule has 0 amide bonds. The fraction of sp³-hybridized carbons (Fsp3) is 0.846. The summed E-state index contributed by atoms with van der Waals surface area (Å²) in [6.45, 7) is 2.25. The summed E-state index contributed by atoms with van der Waals surface area (Å²) < 4.78 is 16.1. The minimum Gasteiger partial charge on any atom is -0.465 e. The summed E-state index contributed by atoms with van der Waals surface area (Å²) in [5, 5.41) is 0. The zero-order valence-electron chi connectivity index (χ0n) is 10.6.